The van der Waals surface area contributed by atoms with Gasteiger partial charge in [0.2, 0.25) is 0 Å². The van der Waals surface area contributed by atoms with Crippen LogP contribution in [0.3, 0.4) is 0 Å². The van der Waals surface area contributed by atoms with Gasteiger partial charge < -0.3 is 29.9 Å². The van der Waals surface area contributed by atoms with Gasteiger partial charge in [-0.05, 0) is 5.39 Å². The fourth-order valence-corrected chi connectivity index (χ4v) is 4.40. The molecule has 0 saturated heterocycles. The molecule has 0 unspecified atom stereocenters. The molecular weight excluding hydrogens is 480 g/mol. The van der Waals surface area contributed by atoms with Crippen LogP contribution in [0.15, 0.2) is 48.8 Å². The smallest absolute Gasteiger partial charge is 0.323 e. The van der Waals surface area contributed by atoms with E-state index < -0.39 is 17.9 Å². The van der Waals surface area contributed by atoms with E-state index in [2.05, 4.69) is 4.90 Å². The monoisotopic (exact) mass is 514 g/mol. The molecule has 0 bridgehead atoms. The first-order valence-corrected chi connectivity index (χ1v) is 12.1. The van der Waals surface area contributed by atoms with Crippen molar-refractivity contribution in [2.24, 2.45) is 0 Å². The van der Waals surface area contributed by atoms with E-state index in [9.17, 15) is 29.7 Å². The summed E-state index contributed by atoms with van der Waals surface area (Å²) >= 11 is 0. The van der Waals surface area contributed by atoms with Crippen LogP contribution in [0, 0.1) is 0 Å². The minimum Gasteiger partial charge on any atom is -0.496 e. The Bertz CT molecular complexity index is 1120. The zero-order valence-electron chi connectivity index (χ0n) is 21.0. The molecule has 1 heterocycles. The number of carboxylic acid groups (broad SMARTS) is 3. The van der Waals surface area contributed by atoms with Crippen molar-refractivity contribution in [3.8, 4) is 5.75 Å². The van der Waals surface area contributed by atoms with E-state index in [0.29, 0.717) is 39.3 Å². The number of rotatable bonds is 9. The fourth-order valence-electron chi connectivity index (χ4n) is 4.40. The molecule has 0 saturated carbocycles. The molecule has 1 aliphatic rings. The molecule has 1 aliphatic heterocycles. The summed E-state index contributed by atoms with van der Waals surface area (Å²) in [6.45, 7) is 2.38. The lowest BCUT2D eigenvalue weighted by molar-refractivity contribution is -0.139. The van der Waals surface area contributed by atoms with Crippen LogP contribution < -0.4 is 4.74 Å². The van der Waals surface area contributed by atoms with Gasteiger partial charge in [-0.2, -0.15) is 0 Å². The normalized spacial score (nSPS) is 17.1. The van der Waals surface area contributed by atoms with Crippen molar-refractivity contribution in [2.75, 3.05) is 66.0 Å². The van der Waals surface area contributed by atoms with Crippen molar-refractivity contribution in [3.63, 3.8) is 0 Å². The van der Waals surface area contributed by atoms with Crippen molar-refractivity contribution < 1.29 is 34.4 Å². The summed E-state index contributed by atoms with van der Waals surface area (Å²) in [6, 6.07) is 12.0. The van der Waals surface area contributed by atoms with Gasteiger partial charge in [0.15, 0.2) is 0 Å². The number of carbonyl (C=O) groups is 3. The van der Waals surface area contributed by atoms with E-state index in [4.69, 9.17) is 4.74 Å². The van der Waals surface area contributed by atoms with E-state index in [-0.39, 0.29) is 26.2 Å². The number of nitrogens with zero attached hydrogens (tertiary/aromatic N) is 4. The highest BCUT2D eigenvalue weighted by Gasteiger charge is 2.19. The molecule has 11 nitrogen and oxygen atoms in total. The predicted molar refractivity (Wildman–Crippen MR) is 137 cm³/mol. The van der Waals surface area contributed by atoms with Gasteiger partial charge in [-0.25, -0.2) is 0 Å². The minimum atomic E-state index is -1.03. The Kier molecular flexibility index (Phi) is 10.1. The Morgan fingerprint density at radius 2 is 1.27 bits per heavy atom. The molecule has 3 N–H and O–H groups in total. The highest BCUT2D eigenvalue weighted by atomic mass is 16.5. The fraction of sp³-hybridized carbons (Fsp3) is 0.423. The number of carboxylic acids is 3. The van der Waals surface area contributed by atoms with Crippen LogP contribution in [0.4, 0.5) is 0 Å². The average molecular weight is 515 g/mol. The van der Waals surface area contributed by atoms with E-state index in [0.717, 1.165) is 22.1 Å². The average Bonchev–Trinajstić information content (AvgIpc) is 2.84. The molecule has 11 heteroatoms. The zero-order chi connectivity index (χ0) is 26.8. The van der Waals surface area contributed by atoms with Crippen LogP contribution in [0.25, 0.3) is 10.8 Å². The predicted octanol–water partition coefficient (Wildman–Crippen LogP) is 1.30. The second-order valence-corrected chi connectivity index (χ2v) is 8.95. The summed E-state index contributed by atoms with van der Waals surface area (Å²) in [7, 11) is 1.64. The minimum absolute atomic E-state index is 0.164. The van der Waals surface area contributed by atoms with Crippen molar-refractivity contribution in [1.82, 2.24) is 19.6 Å². The summed E-state index contributed by atoms with van der Waals surface area (Å²) in [4.78, 5) is 41.4. The van der Waals surface area contributed by atoms with Crippen molar-refractivity contribution in [1.29, 1.82) is 0 Å². The highest BCUT2D eigenvalue weighted by Crippen LogP contribution is 2.30. The van der Waals surface area contributed by atoms with Gasteiger partial charge >= 0.3 is 17.9 Å². The van der Waals surface area contributed by atoms with Crippen molar-refractivity contribution in [2.45, 2.75) is 6.54 Å². The molecule has 2 aromatic carbocycles. The van der Waals surface area contributed by atoms with Gasteiger partial charge in [-0.3, -0.25) is 24.2 Å². The third-order valence-electron chi connectivity index (χ3n) is 6.22. The van der Waals surface area contributed by atoms with Gasteiger partial charge in [-0.1, -0.05) is 36.4 Å². The van der Waals surface area contributed by atoms with Crippen LogP contribution in [0.1, 0.15) is 5.56 Å². The number of methoxy groups -OCH3 is 1. The molecular formula is C26H34N4O7. The number of fused-ring (bicyclic) bond motifs is 1. The number of hydrogen-bond acceptors (Lipinski definition) is 8. The molecule has 0 atom stereocenters. The summed E-state index contributed by atoms with van der Waals surface area (Å²) in [5.74, 6) is -2.19. The van der Waals surface area contributed by atoms with Gasteiger partial charge in [0, 0.05) is 69.2 Å². The quantitative estimate of drug-likeness (QED) is 0.447. The Balaban J connectivity index is 1.87. The Labute approximate surface area is 215 Å². The maximum absolute atomic E-state index is 11.5. The Morgan fingerprint density at radius 3 is 1.86 bits per heavy atom. The summed E-state index contributed by atoms with van der Waals surface area (Å²) in [5, 5.41) is 30.1. The summed E-state index contributed by atoms with van der Waals surface area (Å²) in [5.41, 5.74) is 0.978. The largest absolute Gasteiger partial charge is 0.496 e. The van der Waals surface area contributed by atoms with Crippen LogP contribution >= 0.6 is 0 Å². The first kappa shape index (κ1) is 27.8. The van der Waals surface area contributed by atoms with E-state index in [1.54, 1.807) is 34.2 Å². The first-order chi connectivity index (χ1) is 17.7. The van der Waals surface area contributed by atoms with Crippen LogP contribution in [-0.2, 0) is 20.9 Å². The molecule has 0 amide bonds. The Hall–Kier alpha value is -3.83. The molecule has 200 valence electrons. The van der Waals surface area contributed by atoms with Crippen LogP contribution in [-0.4, -0.2) is 119 Å². The van der Waals surface area contributed by atoms with E-state index in [1.165, 1.54) is 0 Å². The van der Waals surface area contributed by atoms with E-state index in [1.807, 2.05) is 36.4 Å². The van der Waals surface area contributed by atoms with Gasteiger partial charge in [-0.15, -0.1) is 0 Å². The number of ether oxygens (including phenoxy) is 1. The maximum Gasteiger partial charge on any atom is 0.323 e. The zero-order valence-corrected chi connectivity index (χ0v) is 21.0. The molecule has 2 aromatic rings. The molecule has 3 rings (SSSR count). The lowest BCUT2D eigenvalue weighted by Crippen LogP contribution is -2.44. The number of hydrogen-bond donors (Lipinski definition) is 3. The molecule has 0 aromatic heterocycles. The third-order valence-corrected chi connectivity index (χ3v) is 6.22. The first-order valence-electron chi connectivity index (χ1n) is 12.1. The molecule has 37 heavy (non-hydrogen) atoms. The highest BCUT2D eigenvalue weighted by molar-refractivity contribution is 5.89. The summed E-state index contributed by atoms with van der Waals surface area (Å²) in [6.07, 6.45) is 3.16. The van der Waals surface area contributed by atoms with Crippen LogP contribution in [0.5, 0.6) is 5.75 Å². The third kappa shape index (κ3) is 8.65. The topological polar surface area (TPSA) is 134 Å². The molecule has 0 radical (unpaired) electrons. The number of aliphatic carboxylic acids is 3. The van der Waals surface area contributed by atoms with Crippen molar-refractivity contribution >= 4 is 28.7 Å². The lowest BCUT2D eigenvalue weighted by Gasteiger charge is -2.32. The van der Waals surface area contributed by atoms with Crippen molar-refractivity contribution in [3.05, 3.63) is 54.4 Å². The molecule has 0 aliphatic carbocycles. The Morgan fingerprint density at radius 1 is 0.730 bits per heavy atom. The maximum atomic E-state index is 11.5. The SMILES string of the molecule is COc1c(CN2CCN(CC(=O)O)/C=C\N(CC(=O)O)CCN(CC(=O)O)CC2)ccc2ccccc12. The standard InChI is InChI=1S/C26H34N4O7/c1-37-26-21(7-6-20-4-2-3-5-22(20)26)16-27-8-10-28(17-23(31)32)12-14-30(19-25(35)36)15-13-29(11-9-27)18-24(33)34/h2-7,12,14H,8-11,13,15-19H2,1H3,(H,31,32)(H,33,34)(H,35,36)/b14-12-. The number of benzene rings is 2. The van der Waals surface area contributed by atoms with Gasteiger partial charge in [0.1, 0.15) is 18.8 Å². The summed E-state index contributed by atoms with van der Waals surface area (Å²) < 4.78 is 5.76. The van der Waals surface area contributed by atoms with Crippen LogP contribution in [0.2, 0.25) is 0 Å². The second kappa shape index (κ2) is 13.5. The molecule has 0 spiro atoms. The molecule has 0 fully saturated rings. The van der Waals surface area contributed by atoms with Gasteiger partial charge in [0.05, 0.1) is 13.7 Å². The van der Waals surface area contributed by atoms with E-state index >= 15 is 0 Å². The lowest BCUT2D eigenvalue weighted by atomic mass is 10.0. The second-order valence-electron chi connectivity index (χ2n) is 8.95. The van der Waals surface area contributed by atoms with Gasteiger partial charge in [0.25, 0.3) is 0 Å².